The summed E-state index contributed by atoms with van der Waals surface area (Å²) in [5, 5.41) is 8.38. The van der Waals surface area contributed by atoms with Gasteiger partial charge in [-0.25, -0.2) is 34.3 Å². The molecule has 9 rings (SSSR count). The number of piperidine rings is 3. The van der Waals surface area contributed by atoms with Crippen molar-refractivity contribution in [2.75, 3.05) is 75.1 Å². The zero-order valence-electron chi connectivity index (χ0n) is 43.7. The van der Waals surface area contributed by atoms with E-state index in [4.69, 9.17) is 0 Å². The van der Waals surface area contributed by atoms with Gasteiger partial charge >= 0.3 is 0 Å². The Morgan fingerprint density at radius 1 is 0.521 bits per heavy atom. The summed E-state index contributed by atoms with van der Waals surface area (Å²) in [6.45, 7) is 19.2. The molecular formula is C52H76N16O3. The number of carbonyl (C=O) groups excluding carboxylic acids is 3. The van der Waals surface area contributed by atoms with Gasteiger partial charge in [0.05, 0.1) is 0 Å². The van der Waals surface area contributed by atoms with Crippen molar-refractivity contribution in [3.8, 4) is 11.8 Å². The maximum atomic E-state index is 12.2. The summed E-state index contributed by atoms with van der Waals surface area (Å²) in [5.74, 6) is 6.61. The van der Waals surface area contributed by atoms with Crippen LogP contribution in [0.4, 0.5) is 17.5 Å². The molecule has 0 bridgehead atoms. The van der Waals surface area contributed by atoms with E-state index in [-0.39, 0.29) is 35.5 Å². The molecule has 0 atom stereocenters. The van der Waals surface area contributed by atoms with Gasteiger partial charge in [0.15, 0.2) is 5.82 Å². The van der Waals surface area contributed by atoms with Gasteiger partial charge in [-0.1, -0.05) is 41.5 Å². The van der Waals surface area contributed by atoms with E-state index in [2.05, 4.69) is 60.9 Å². The molecule has 19 nitrogen and oxygen atoms in total. The lowest BCUT2D eigenvalue weighted by molar-refractivity contribution is -0.136. The average Bonchev–Trinajstić information content (AvgIpc) is 3.81. The summed E-state index contributed by atoms with van der Waals surface area (Å²) in [7, 11) is 5.79. The minimum absolute atomic E-state index is 0.0477. The second kappa shape index (κ2) is 24.1. The van der Waals surface area contributed by atoms with Crippen LogP contribution in [0.3, 0.4) is 0 Å². The van der Waals surface area contributed by atoms with E-state index in [1.807, 2.05) is 121 Å². The zero-order valence-corrected chi connectivity index (χ0v) is 43.7. The van der Waals surface area contributed by atoms with Crippen molar-refractivity contribution in [1.29, 1.82) is 0 Å². The Hall–Kier alpha value is -6.53. The van der Waals surface area contributed by atoms with Crippen molar-refractivity contribution in [2.45, 2.75) is 124 Å². The molecule has 71 heavy (non-hydrogen) atoms. The Morgan fingerprint density at radius 2 is 0.972 bits per heavy atom. The standard InChI is InChI=1S/C18H28N4O.2C17H24N6O/c1-12(2)18(23)21(4)15-7-9-22(10-8-15)17-11-16(14-5-6-14)19-13(3)20-17;1-13(2)16(24)21(3)14-6-11-22(12-7-14)15-5-9-18-17(20-15)23-10-4-8-19-23;1-13(2)17(24)21(3)14-5-9-22(10-6-14)15-11-16(19-12-18-15)23-8-4-7-20-23/h11-12,14-15H,5-10H2,1-4H3;4-5,8-10,13-14H,6-7,11-12H2,1-3H3;4,7-8,11-14H,5-6,9-10H2,1-3H3. The van der Waals surface area contributed by atoms with Gasteiger partial charge in [0.25, 0.3) is 5.95 Å². The van der Waals surface area contributed by atoms with E-state index in [0.717, 1.165) is 107 Å². The number of amides is 3. The van der Waals surface area contributed by atoms with Crippen molar-refractivity contribution in [2.24, 2.45) is 17.8 Å². The summed E-state index contributed by atoms with van der Waals surface area (Å²) in [4.78, 5) is 75.9. The van der Waals surface area contributed by atoms with E-state index in [0.29, 0.717) is 30.0 Å². The third-order valence-electron chi connectivity index (χ3n) is 14.1. The minimum Gasteiger partial charge on any atom is -0.356 e. The molecule has 19 heteroatoms. The van der Waals surface area contributed by atoms with Crippen molar-refractivity contribution < 1.29 is 14.4 Å². The zero-order chi connectivity index (χ0) is 50.8. The van der Waals surface area contributed by atoms with Gasteiger partial charge in [-0.15, -0.1) is 0 Å². The van der Waals surface area contributed by atoms with Crippen LogP contribution in [0.15, 0.2) is 67.6 Å². The molecule has 4 aliphatic rings. The normalized spacial score (nSPS) is 16.9. The topological polar surface area (TPSA) is 184 Å². The van der Waals surface area contributed by atoms with Gasteiger partial charge in [0.1, 0.15) is 29.6 Å². The summed E-state index contributed by atoms with van der Waals surface area (Å²) >= 11 is 0. The molecule has 0 aromatic carbocycles. The summed E-state index contributed by atoms with van der Waals surface area (Å²) in [6, 6.07) is 10.7. The summed E-state index contributed by atoms with van der Waals surface area (Å²) < 4.78 is 3.39. The van der Waals surface area contributed by atoms with E-state index < -0.39 is 0 Å². The number of hydrogen-bond donors (Lipinski definition) is 0. The molecule has 1 aliphatic carbocycles. The lowest BCUT2D eigenvalue weighted by atomic mass is 10.0. The second-order valence-corrected chi connectivity index (χ2v) is 20.3. The van der Waals surface area contributed by atoms with Gasteiger partial charge in [0.2, 0.25) is 17.7 Å². The van der Waals surface area contributed by atoms with Gasteiger partial charge < -0.3 is 29.4 Å². The maximum absolute atomic E-state index is 12.2. The fourth-order valence-electron chi connectivity index (χ4n) is 9.59. The summed E-state index contributed by atoms with van der Waals surface area (Å²) in [5.41, 5.74) is 1.21. The predicted octanol–water partition coefficient (Wildman–Crippen LogP) is 6.24. The molecule has 3 saturated heterocycles. The van der Waals surface area contributed by atoms with Crippen LogP contribution in [0.25, 0.3) is 11.8 Å². The largest absolute Gasteiger partial charge is 0.356 e. The van der Waals surface area contributed by atoms with Crippen molar-refractivity contribution in [3.05, 3.63) is 79.2 Å². The van der Waals surface area contributed by atoms with Crippen LogP contribution in [0, 0.1) is 24.7 Å². The fourth-order valence-corrected chi connectivity index (χ4v) is 9.59. The highest BCUT2D eigenvalue weighted by Gasteiger charge is 2.31. The molecule has 8 heterocycles. The number of anilines is 3. The first-order valence-corrected chi connectivity index (χ1v) is 25.6. The van der Waals surface area contributed by atoms with Crippen LogP contribution >= 0.6 is 0 Å². The first kappa shape index (κ1) is 52.3. The summed E-state index contributed by atoms with van der Waals surface area (Å²) in [6.07, 6.45) is 18.8. The molecule has 382 valence electrons. The lowest BCUT2D eigenvalue weighted by Crippen LogP contribution is -2.47. The highest BCUT2D eigenvalue weighted by Crippen LogP contribution is 2.40. The van der Waals surface area contributed by atoms with Crippen LogP contribution in [-0.4, -0.2) is 160 Å². The third-order valence-corrected chi connectivity index (χ3v) is 14.1. The highest BCUT2D eigenvalue weighted by atomic mass is 16.2. The fraction of sp³-hybridized carbons (Fsp3) is 0.596. The molecule has 0 spiro atoms. The van der Waals surface area contributed by atoms with Crippen LogP contribution < -0.4 is 14.7 Å². The first-order chi connectivity index (χ1) is 34.1. The maximum Gasteiger partial charge on any atom is 0.252 e. The monoisotopic (exact) mass is 973 g/mol. The minimum atomic E-state index is 0.0477. The van der Waals surface area contributed by atoms with Gasteiger partial charge in [-0.05, 0) is 76.5 Å². The second-order valence-electron chi connectivity index (χ2n) is 20.3. The number of nitrogens with zero attached hydrogens (tertiary/aromatic N) is 16. The number of carbonyl (C=O) groups is 3. The van der Waals surface area contributed by atoms with E-state index in [1.54, 1.807) is 34.3 Å². The number of aromatic nitrogens is 10. The highest BCUT2D eigenvalue weighted by molar-refractivity contribution is 5.79. The molecular weight excluding hydrogens is 897 g/mol. The molecule has 4 fully saturated rings. The van der Waals surface area contributed by atoms with E-state index in [9.17, 15) is 14.4 Å². The quantitative estimate of drug-likeness (QED) is 0.137. The molecule has 0 radical (unpaired) electrons. The lowest BCUT2D eigenvalue weighted by Gasteiger charge is -2.38. The van der Waals surface area contributed by atoms with Gasteiger partial charge in [0, 0.05) is 151 Å². The van der Waals surface area contributed by atoms with Crippen molar-refractivity contribution >= 4 is 35.2 Å². The molecule has 5 aromatic rings. The van der Waals surface area contributed by atoms with Crippen LogP contribution in [0.2, 0.25) is 0 Å². The Morgan fingerprint density at radius 3 is 1.42 bits per heavy atom. The molecule has 1 saturated carbocycles. The molecule has 0 N–H and O–H groups in total. The molecule has 3 amide bonds. The van der Waals surface area contributed by atoms with E-state index >= 15 is 0 Å². The Bertz CT molecular complexity index is 2350. The van der Waals surface area contributed by atoms with Crippen molar-refractivity contribution in [3.63, 3.8) is 0 Å². The van der Waals surface area contributed by atoms with Crippen LogP contribution in [0.5, 0.6) is 0 Å². The molecule has 3 aliphatic heterocycles. The van der Waals surface area contributed by atoms with Crippen LogP contribution in [0.1, 0.15) is 110 Å². The average molecular weight is 973 g/mol. The smallest absolute Gasteiger partial charge is 0.252 e. The molecule has 0 unspecified atom stereocenters. The third kappa shape index (κ3) is 13.7. The van der Waals surface area contributed by atoms with E-state index in [1.165, 1.54) is 18.5 Å². The van der Waals surface area contributed by atoms with Crippen LogP contribution in [-0.2, 0) is 14.4 Å². The predicted molar refractivity (Wildman–Crippen MR) is 276 cm³/mol. The number of aryl methyl sites for hydroxylation is 1. The van der Waals surface area contributed by atoms with Gasteiger partial charge in [-0.3, -0.25) is 14.4 Å². The Kier molecular flexibility index (Phi) is 17.7. The van der Waals surface area contributed by atoms with Crippen molar-refractivity contribution in [1.82, 2.24) is 64.2 Å². The number of rotatable bonds is 12. The van der Waals surface area contributed by atoms with Gasteiger partial charge in [-0.2, -0.15) is 15.2 Å². The number of hydrogen-bond acceptors (Lipinski definition) is 14. The SMILES string of the molecule is CC(C)C(=O)N(C)C1CCN(c2cc(-n3cccn3)ncn2)CC1.CC(C)C(=O)N(C)C1CCN(c2ccnc(-n3cccn3)n2)CC1.Cc1nc(C2CC2)cc(N2CCC(N(C)C(=O)C(C)C)CC2)n1. The first-order valence-electron chi connectivity index (χ1n) is 25.6. The molecule has 5 aromatic heterocycles. The Labute approximate surface area is 420 Å². The Balaban J connectivity index is 0.000000157.